The second-order valence-corrected chi connectivity index (χ2v) is 5.08. The van der Waals surface area contributed by atoms with Crippen LogP contribution in [0.1, 0.15) is 25.8 Å². The van der Waals surface area contributed by atoms with Crippen LogP contribution in [0.15, 0.2) is 29.3 Å². The van der Waals surface area contributed by atoms with Crippen LogP contribution >= 0.6 is 0 Å². The summed E-state index contributed by atoms with van der Waals surface area (Å²) in [4.78, 5) is 15.7. The van der Waals surface area contributed by atoms with E-state index in [2.05, 4.69) is 35.4 Å². The Kier molecular flexibility index (Phi) is 6.82. The molecule has 0 atom stereocenters. The Hall–Kier alpha value is -2.48. The monoisotopic (exact) mass is 286 g/mol. The predicted molar refractivity (Wildman–Crippen MR) is 87.0 cm³/mol. The van der Waals surface area contributed by atoms with Crippen LogP contribution in [0.25, 0.3) is 0 Å². The first-order valence-corrected chi connectivity index (χ1v) is 6.91. The molecule has 0 aliphatic rings. The number of nitrogens with two attached hydrogens (primary N) is 1. The molecule has 0 fully saturated rings. The summed E-state index contributed by atoms with van der Waals surface area (Å²) in [6.07, 6.45) is 6.31. The molecule has 1 rings (SSSR count). The number of nitrogens with zero attached hydrogens (tertiary/aromatic N) is 1. The van der Waals surface area contributed by atoms with Gasteiger partial charge in [-0.15, -0.1) is 6.42 Å². The van der Waals surface area contributed by atoms with Crippen LogP contribution in [-0.2, 0) is 4.79 Å². The van der Waals surface area contributed by atoms with Crippen LogP contribution < -0.4 is 16.4 Å². The summed E-state index contributed by atoms with van der Waals surface area (Å²) in [6, 6.07) is 7.08. The van der Waals surface area contributed by atoms with E-state index in [4.69, 9.17) is 12.2 Å². The lowest BCUT2D eigenvalue weighted by molar-refractivity contribution is -0.114. The summed E-state index contributed by atoms with van der Waals surface area (Å²) in [6.45, 7) is 4.99. The van der Waals surface area contributed by atoms with Crippen molar-refractivity contribution in [3.63, 3.8) is 0 Å². The van der Waals surface area contributed by atoms with Crippen LogP contribution in [0, 0.1) is 18.3 Å². The fraction of sp³-hybridized carbons (Fsp3) is 0.375. The Labute approximate surface area is 126 Å². The zero-order valence-electron chi connectivity index (χ0n) is 12.5. The number of hydrogen-bond donors (Lipinski definition) is 3. The summed E-state index contributed by atoms with van der Waals surface area (Å²) in [5.74, 6) is 3.15. The Morgan fingerprint density at radius 1 is 1.48 bits per heavy atom. The zero-order valence-corrected chi connectivity index (χ0v) is 12.5. The SMILES string of the molecule is C#Cc1cccc(NC(=O)CN=C(N)NCCC(C)C)c1. The first kappa shape index (κ1) is 16.6. The molecule has 0 heterocycles. The topological polar surface area (TPSA) is 79.5 Å². The molecule has 1 amide bonds. The molecule has 0 saturated carbocycles. The van der Waals surface area contributed by atoms with Crippen molar-refractivity contribution in [2.45, 2.75) is 20.3 Å². The third-order valence-electron chi connectivity index (χ3n) is 2.73. The lowest BCUT2D eigenvalue weighted by atomic mass is 10.1. The van der Waals surface area contributed by atoms with E-state index in [0.717, 1.165) is 13.0 Å². The molecule has 1 aromatic carbocycles. The van der Waals surface area contributed by atoms with Crippen LogP contribution in [0.4, 0.5) is 5.69 Å². The number of anilines is 1. The normalized spacial score (nSPS) is 11.0. The third kappa shape index (κ3) is 7.02. The van der Waals surface area contributed by atoms with Gasteiger partial charge in [0, 0.05) is 17.8 Å². The second kappa shape index (κ2) is 8.64. The Balaban J connectivity index is 2.41. The highest BCUT2D eigenvalue weighted by molar-refractivity contribution is 5.94. The fourth-order valence-corrected chi connectivity index (χ4v) is 1.59. The molecule has 0 bridgehead atoms. The van der Waals surface area contributed by atoms with Crippen molar-refractivity contribution in [2.75, 3.05) is 18.4 Å². The minimum Gasteiger partial charge on any atom is -0.370 e. The number of aliphatic imine (C=N–C) groups is 1. The zero-order chi connectivity index (χ0) is 15.7. The van der Waals surface area contributed by atoms with Crippen molar-refractivity contribution in [1.29, 1.82) is 0 Å². The molecular formula is C16H22N4O. The molecule has 1 aromatic rings. The minimum atomic E-state index is -0.238. The van der Waals surface area contributed by atoms with Gasteiger partial charge in [0.15, 0.2) is 5.96 Å². The van der Waals surface area contributed by atoms with Gasteiger partial charge in [0.25, 0.3) is 0 Å². The smallest absolute Gasteiger partial charge is 0.246 e. The quantitative estimate of drug-likeness (QED) is 0.422. The molecule has 4 N–H and O–H groups in total. The number of nitrogens with one attached hydrogen (secondary N) is 2. The average molecular weight is 286 g/mol. The summed E-state index contributed by atoms with van der Waals surface area (Å²) < 4.78 is 0. The van der Waals surface area contributed by atoms with Gasteiger partial charge in [-0.1, -0.05) is 25.8 Å². The molecule has 112 valence electrons. The van der Waals surface area contributed by atoms with Gasteiger partial charge in [0.1, 0.15) is 6.54 Å². The molecule has 5 heteroatoms. The molecule has 0 radical (unpaired) electrons. The molecular weight excluding hydrogens is 264 g/mol. The van der Waals surface area contributed by atoms with E-state index >= 15 is 0 Å². The number of carbonyl (C=O) groups excluding carboxylic acids is 1. The Bertz CT molecular complexity index is 543. The highest BCUT2D eigenvalue weighted by Crippen LogP contribution is 2.09. The first-order valence-electron chi connectivity index (χ1n) is 6.91. The molecule has 0 aliphatic carbocycles. The van der Waals surface area contributed by atoms with Gasteiger partial charge in [-0.3, -0.25) is 4.79 Å². The number of hydrogen-bond acceptors (Lipinski definition) is 2. The van der Waals surface area contributed by atoms with Gasteiger partial charge >= 0.3 is 0 Å². The van der Waals surface area contributed by atoms with Crippen molar-refractivity contribution in [1.82, 2.24) is 5.32 Å². The lowest BCUT2D eigenvalue weighted by Crippen LogP contribution is -2.34. The minimum absolute atomic E-state index is 0.0270. The highest BCUT2D eigenvalue weighted by atomic mass is 16.1. The van der Waals surface area contributed by atoms with Gasteiger partial charge < -0.3 is 16.4 Å². The van der Waals surface area contributed by atoms with Crippen molar-refractivity contribution in [3.05, 3.63) is 29.8 Å². The van der Waals surface area contributed by atoms with Gasteiger partial charge in [0.05, 0.1) is 0 Å². The van der Waals surface area contributed by atoms with E-state index in [-0.39, 0.29) is 18.4 Å². The second-order valence-electron chi connectivity index (χ2n) is 5.08. The Morgan fingerprint density at radius 3 is 2.90 bits per heavy atom. The van der Waals surface area contributed by atoms with E-state index in [9.17, 15) is 4.79 Å². The van der Waals surface area contributed by atoms with Crippen molar-refractivity contribution < 1.29 is 4.79 Å². The number of amides is 1. The third-order valence-corrected chi connectivity index (χ3v) is 2.73. The van der Waals surface area contributed by atoms with Crippen molar-refractivity contribution in [2.24, 2.45) is 16.6 Å². The molecule has 21 heavy (non-hydrogen) atoms. The highest BCUT2D eigenvalue weighted by Gasteiger charge is 2.02. The van der Waals surface area contributed by atoms with E-state index in [1.54, 1.807) is 24.3 Å². The standard InChI is InChI=1S/C16H22N4O/c1-4-13-6-5-7-14(10-13)20-15(21)11-19-16(17)18-9-8-12(2)3/h1,5-7,10,12H,8-9,11H2,2-3H3,(H,20,21)(H3,17,18,19). The largest absolute Gasteiger partial charge is 0.370 e. The molecule has 0 aromatic heterocycles. The van der Waals surface area contributed by atoms with Gasteiger partial charge in [-0.05, 0) is 30.5 Å². The van der Waals surface area contributed by atoms with Crippen LogP contribution in [0.2, 0.25) is 0 Å². The molecule has 0 spiro atoms. The maximum absolute atomic E-state index is 11.7. The molecule has 0 unspecified atom stereocenters. The van der Waals surface area contributed by atoms with Gasteiger partial charge in [-0.2, -0.15) is 0 Å². The molecule has 0 saturated heterocycles. The van der Waals surface area contributed by atoms with E-state index in [0.29, 0.717) is 17.2 Å². The van der Waals surface area contributed by atoms with Crippen LogP contribution in [0.3, 0.4) is 0 Å². The van der Waals surface area contributed by atoms with Crippen LogP contribution in [0.5, 0.6) is 0 Å². The maximum Gasteiger partial charge on any atom is 0.246 e. The van der Waals surface area contributed by atoms with Gasteiger partial charge in [-0.25, -0.2) is 4.99 Å². The Morgan fingerprint density at radius 2 is 2.24 bits per heavy atom. The fourth-order valence-electron chi connectivity index (χ4n) is 1.59. The molecule has 5 nitrogen and oxygen atoms in total. The number of benzene rings is 1. The number of terminal acetylenes is 1. The van der Waals surface area contributed by atoms with Crippen molar-refractivity contribution >= 4 is 17.6 Å². The predicted octanol–water partition coefficient (Wildman–Crippen LogP) is 1.56. The summed E-state index contributed by atoms with van der Waals surface area (Å²) in [5, 5.41) is 5.69. The average Bonchev–Trinajstić information content (AvgIpc) is 2.45. The summed E-state index contributed by atoms with van der Waals surface area (Å²) in [7, 11) is 0. The van der Waals surface area contributed by atoms with E-state index in [1.165, 1.54) is 0 Å². The number of carbonyl (C=O) groups is 1. The van der Waals surface area contributed by atoms with E-state index in [1.807, 2.05) is 0 Å². The van der Waals surface area contributed by atoms with Crippen LogP contribution in [-0.4, -0.2) is 25.0 Å². The maximum atomic E-state index is 11.7. The molecule has 0 aliphatic heterocycles. The number of rotatable bonds is 6. The first-order chi connectivity index (χ1) is 10.0. The van der Waals surface area contributed by atoms with Gasteiger partial charge in [0.2, 0.25) is 5.91 Å². The number of guanidine groups is 1. The van der Waals surface area contributed by atoms with E-state index < -0.39 is 0 Å². The summed E-state index contributed by atoms with van der Waals surface area (Å²) >= 11 is 0. The lowest BCUT2D eigenvalue weighted by Gasteiger charge is -2.08. The van der Waals surface area contributed by atoms with Crippen molar-refractivity contribution in [3.8, 4) is 12.3 Å². The summed E-state index contributed by atoms with van der Waals surface area (Å²) in [5.41, 5.74) is 7.04.